The lowest BCUT2D eigenvalue weighted by Gasteiger charge is -2.12. The molecule has 17 heavy (non-hydrogen) atoms. The van der Waals surface area contributed by atoms with Crippen LogP contribution in [0.3, 0.4) is 0 Å². The fourth-order valence-electron chi connectivity index (χ4n) is 2.08. The van der Waals surface area contributed by atoms with E-state index in [4.69, 9.17) is 5.73 Å². The summed E-state index contributed by atoms with van der Waals surface area (Å²) in [5, 5.41) is 0. The van der Waals surface area contributed by atoms with Crippen molar-refractivity contribution in [3.8, 4) is 0 Å². The fraction of sp³-hybridized carbons (Fsp3) is 0.125. The van der Waals surface area contributed by atoms with Crippen molar-refractivity contribution in [3.63, 3.8) is 0 Å². The van der Waals surface area contributed by atoms with Crippen molar-refractivity contribution >= 4 is 11.3 Å². The first-order valence-corrected chi connectivity index (χ1v) is 5.71. The Kier molecular flexibility index (Phi) is 3.01. The molecular formula is C16H17N. The van der Waals surface area contributed by atoms with Crippen LogP contribution in [0.5, 0.6) is 0 Å². The van der Waals surface area contributed by atoms with Crippen molar-refractivity contribution < 1.29 is 0 Å². The van der Waals surface area contributed by atoms with E-state index in [1.807, 2.05) is 30.3 Å². The van der Waals surface area contributed by atoms with Gasteiger partial charge in [0.05, 0.1) is 0 Å². The Morgan fingerprint density at radius 2 is 1.59 bits per heavy atom. The molecule has 0 amide bonds. The number of anilines is 1. The summed E-state index contributed by atoms with van der Waals surface area (Å²) in [6.45, 7) is 8.37. The number of aryl methyl sites for hydroxylation is 2. The van der Waals surface area contributed by atoms with Gasteiger partial charge in [-0.1, -0.05) is 36.9 Å². The van der Waals surface area contributed by atoms with Gasteiger partial charge in [-0.25, -0.2) is 0 Å². The summed E-state index contributed by atoms with van der Waals surface area (Å²) in [6.07, 6.45) is 0. The zero-order chi connectivity index (χ0) is 12.4. The van der Waals surface area contributed by atoms with Crippen molar-refractivity contribution in [2.75, 3.05) is 5.73 Å². The Bertz CT molecular complexity index is 567. The van der Waals surface area contributed by atoms with Crippen molar-refractivity contribution in [2.24, 2.45) is 0 Å². The Labute approximate surface area is 103 Å². The molecule has 86 valence electrons. The summed E-state index contributed by atoms with van der Waals surface area (Å²) in [5.74, 6) is 0. The highest BCUT2D eigenvalue weighted by atomic mass is 14.5. The summed E-state index contributed by atoms with van der Waals surface area (Å²) in [4.78, 5) is 0. The molecule has 2 aromatic carbocycles. The third-order valence-corrected chi connectivity index (χ3v) is 3.05. The molecule has 0 saturated heterocycles. The van der Waals surface area contributed by atoms with Gasteiger partial charge < -0.3 is 5.73 Å². The first kappa shape index (κ1) is 11.5. The van der Waals surface area contributed by atoms with E-state index in [1.165, 1.54) is 16.7 Å². The normalized spacial score (nSPS) is 10.2. The van der Waals surface area contributed by atoms with Crippen molar-refractivity contribution in [2.45, 2.75) is 13.8 Å². The lowest BCUT2D eigenvalue weighted by Crippen LogP contribution is -1.94. The second kappa shape index (κ2) is 4.46. The second-order valence-corrected chi connectivity index (χ2v) is 4.37. The van der Waals surface area contributed by atoms with Crippen LogP contribution in [0.25, 0.3) is 5.57 Å². The SMILES string of the molecule is C=C(c1ccccc1C)c1ccc(N)cc1C. The third kappa shape index (κ3) is 2.23. The predicted molar refractivity (Wildman–Crippen MR) is 74.9 cm³/mol. The van der Waals surface area contributed by atoms with Crippen LogP contribution in [0, 0.1) is 13.8 Å². The first-order valence-electron chi connectivity index (χ1n) is 5.71. The molecule has 1 heteroatoms. The molecule has 1 nitrogen and oxygen atoms in total. The minimum absolute atomic E-state index is 0.795. The Balaban J connectivity index is 2.48. The summed E-state index contributed by atoms with van der Waals surface area (Å²) in [6, 6.07) is 14.2. The molecule has 0 spiro atoms. The van der Waals surface area contributed by atoms with Gasteiger partial charge in [-0.05, 0) is 53.8 Å². The summed E-state index contributed by atoms with van der Waals surface area (Å²) in [7, 11) is 0. The van der Waals surface area contributed by atoms with Crippen LogP contribution in [0.4, 0.5) is 5.69 Å². The van der Waals surface area contributed by atoms with Crippen LogP contribution < -0.4 is 5.73 Å². The highest BCUT2D eigenvalue weighted by molar-refractivity contribution is 5.81. The first-order chi connectivity index (χ1) is 8.09. The predicted octanol–water partition coefficient (Wildman–Crippen LogP) is 3.95. The van der Waals surface area contributed by atoms with Crippen molar-refractivity contribution in [3.05, 3.63) is 71.3 Å². The molecule has 2 N–H and O–H groups in total. The van der Waals surface area contributed by atoms with Crippen LogP contribution in [0.2, 0.25) is 0 Å². The molecule has 0 bridgehead atoms. The second-order valence-electron chi connectivity index (χ2n) is 4.37. The molecule has 2 aromatic rings. The lowest BCUT2D eigenvalue weighted by atomic mass is 9.93. The summed E-state index contributed by atoms with van der Waals surface area (Å²) >= 11 is 0. The topological polar surface area (TPSA) is 26.0 Å². The Morgan fingerprint density at radius 3 is 2.24 bits per heavy atom. The smallest absolute Gasteiger partial charge is 0.0317 e. The van der Waals surface area contributed by atoms with E-state index in [1.54, 1.807) is 0 Å². The molecule has 0 heterocycles. The van der Waals surface area contributed by atoms with Crippen LogP contribution in [0.1, 0.15) is 22.3 Å². The standard InChI is InChI=1S/C16H17N/c1-11-6-4-5-7-15(11)13(3)16-9-8-14(17)10-12(16)2/h4-10H,3,17H2,1-2H3. The molecular weight excluding hydrogens is 206 g/mol. The van der Waals surface area contributed by atoms with Gasteiger partial charge in [-0.15, -0.1) is 0 Å². The van der Waals surface area contributed by atoms with Gasteiger partial charge in [0, 0.05) is 5.69 Å². The molecule has 0 radical (unpaired) electrons. The van der Waals surface area contributed by atoms with E-state index >= 15 is 0 Å². The highest BCUT2D eigenvalue weighted by Crippen LogP contribution is 2.27. The number of hydrogen-bond donors (Lipinski definition) is 1. The van der Waals surface area contributed by atoms with E-state index in [0.29, 0.717) is 0 Å². The van der Waals surface area contributed by atoms with E-state index in [-0.39, 0.29) is 0 Å². The maximum absolute atomic E-state index is 5.77. The molecule has 0 atom stereocenters. The minimum Gasteiger partial charge on any atom is -0.399 e. The number of nitrogens with two attached hydrogens (primary N) is 1. The monoisotopic (exact) mass is 223 g/mol. The van der Waals surface area contributed by atoms with Crippen LogP contribution in [-0.2, 0) is 0 Å². The average Bonchev–Trinajstić information content (AvgIpc) is 2.29. The molecule has 0 aromatic heterocycles. The third-order valence-electron chi connectivity index (χ3n) is 3.05. The zero-order valence-electron chi connectivity index (χ0n) is 10.3. The van der Waals surface area contributed by atoms with Crippen LogP contribution in [0.15, 0.2) is 49.0 Å². The molecule has 0 aliphatic carbocycles. The molecule has 0 aliphatic rings. The van der Waals surface area contributed by atoms with Gasteiger partial charge in [-0.2, -0.15) is 0 Å². The van der Waals surface area contributed by atoms with Crippen molar-refractivity contribution in [1.29, 1.82) is 0 Å². The lowest BCUT2D eigenvalue weighted by molar-refractivity contribution is 1.38. The van der Waals surface area contributed by atoms with Gasteiger partial charge in [-0.3, -0.25) is 0 Å². The number of rotatable bonds is 2. The molecule has 0 unspecified atom stereocenters. The zero-order valence-corrected chi connectivity index (χ0v) is 10.3. The largest absolute Gasteiger partial charge is 0.399 e. The van der Waals surface area contributed by atoms with Crippen molar-refractivity contribution in [1.82, 2.24) is 0 Å². The molecule has 2 rings (SSSR count). The van der Waals surface area contributed by atoms with Gasteiger partial charge in [0.25, 0.3) is 0 Å². The van der Waals surface area contributed by atoms with Gasteiger partial charge in [0.2, 0.25) is 0 Å². The summed E-state index contributed by atoms with van der Waals surface area (Å²) in [5.41, 5.74) is 12.4. The molecule has 0 fully saturated rings. The number of benzene rings is 2. The van der Waals surface area contributed by atoms with Gasteiger partial charge in [0.15, 0.2) is 0 Å². The van der Waals surface area contributed by atoms with Gasteiger partial charge >= 0.3 is 0 Å². The quantitative estimate of drug-likeness (QED) is 0.766. The minimum atomic E-state index is 0.795. The van der Waals surface area contributed by atoms with E-state index in [0.717, 1.165) is 16.8 Å². The van der Waals surface area contributed by atoms with Gasteiger partial charge in [0.1, 0.15) is 0 Å². The molecule has 0 aliphatic heterocycles. The van der Waals surface area contributed by atoms with E-state index in [9.17, 15) is 0 Å². The molecule has 0 saturated carbocycles. The average molecular weight is 223 g/mol. The number of hydrogen-bond acceptors (Lipinski definition) is 1. The maximum atomic E-state index is 5.77. The Morgan fingerprint density at radius 1 is 0.941 bits per heavy atom. The fourth-order valence-corrected chi connectivity index (χ4v) is 2.08. The van der Waals surface area contributed by atoms with Crippen LogP contribution >= 0.6 is 0 Å². The Hall–Kier alpha value is -2.02. The number of nitrogen functional groups attached to an aromatic ring is 1. The van der Waals surface area contributed by atoms with E-state index in [2.05, 4.69) is 32.6 Å². The van der Waals surface area contributed by atoms with E-state index < -0.39 is 0 Å². The summed E-state index contributed by atoms with van der Waals surface area (Å²) < 4.78 is 0. The van der Waals surface area contributed by atoms with Crippen LogP contribution in [-0.4, -0.2) is 0 Å². The maximum Gasteiger partial charge on any atom is 0.0317 e. The highest BCUT2D eigenvalue weighted by Gasteiger charge is 2.07.